The quantitative estimate of drug-likeness (QED) is 0.332. The number of methoxy groups -OCH3 is 1. The minimum Gasteiger partial charge on any atom is -0.467 e. The zero-order valence-corrected chi connectivity index (χ0v) is 22.4. The van der Waals surface area contributed by atoms with Crippen LogP contribution in [0.25, 0.3) is 10.8 Å². The number of amides is 2. The summed E-state index contributed by atoms with van der Waals surface area (Å²) >= 11 is 1.60. The smallest absolute Gasteiger partial charge is 0.328 e. The van der Waals surface area contributed by atoms with Crippen molar-refractivity contribution in [3.05, 3.63) is 48.0 Å². The van der Waals surface area contributed by atoms with Gasteiger partial charge in [0, 0.05) is 25.7 Å². The number of rotatable bonds is 13. The lowest BCUT2D eigenvalue weighted by Crippen LogP contribution is -2.52. The summed E-state index contributed by atoms with van der Waals surface area (Å²) in [7, 11) is 1.32. The van der Waals surface area contributed by atoms with Gasteiger partial charge >= 0.3 is 5.97 Å². The molecule has 1 saturated heterocycles. The van der Waals surface area contributed by atoms with Crippen LogP contribution in [-0.2, 0) is 25.7 Å². The molecule has 1 aliphatic rings. The lowest BCUT2D eigenvalue weighted by atomic mass is 10.0. The van der Waals surface area contributed by atoms with Crippen LogP contribution in [0.2, 0.25) is 0 Å². The summed E-state index contributed by atoms with van der Waals surface area (Å²) in [6.07, 6.45) is 4.05. The van der Waals surface area contributed by atoms with Gasteiger partial charge in [-0.05, 0) is 47.6 Å². The molecule has 0 radical (unpaired) electrons. The molecule has 3 rings (SSSR count). The first-order valence-corrected chi connectivity index (χ1v) is 14.0. The molecule has 0 aromatic heterocycles. The predicted octanol–water partition coefficient (Wildman–Crippen LogP) is 1.36. The van der Waals surface area contributed by atoms with Crippen molar-refractivity contribution in [3.63, 3.8) is 0 Å². The van der Waals surface area contributed by atoms with Gasteiger partial charge in [-0.25, -0.2) is 4.79 Å². The van der Waals surface area contributed by atoms with Crippen LogP contribution in [0.1, 0.15) is 24.8 Å². The molecule has 4 N–H and O–H groups in total. The number of ether oxygens (including phenoxy) is 1. The normalized spacial score (nSPS) is 17.1. The Morgan fingerprint density at radius 1 is 1.24 bits per heavy atom. The van der Waals surface area contributed by atoms with Crippen LogP contribution in [0.4, 0.5) is 0 Å². The number of hydrogen-bond acceptors (Lipinski definition) is 8. The summed E-state index contributed by atoms with van der Waals surface area (Å²) in [5.74, 6) is -0.306. The molecule has 9 nitrogen and oxygen atoms in total. The van der Waals surface area contributed by atoms with Gasteiger partial charge in [-0.2, -0.15) is 11.8 Å². The number of aliphatic hydroxyl groups excluding tert-OH is 1. The van der Waals surface area contributed by atoms with E-state index in [1.165, 1.54) is 7.11 Å². The zero-order valence-electron chi connectivity index (χ0n) is 21.6. The monoisotopic (exact) mass is 530 g/mol. The third kappa shape index (κ3) is 7.91. The molecule has 1 fully saturated rings. The number of carbonyl (C=O) groups excluding carboxylic acids is 3. The molecule has 0 aliphatic carbocycles. The zero-order chi connectivity index (χ0) is 26.8. The molecule has 0 saturated carbocycles. The molecule has 1 aliphatic heterocycles. The van der Waals surface area contributed by atoms with Gasteiger partial charge in [-0.1, -0.05) is 42.5 Å². The first-order chi connectivity index (χ1) is 17.9. The average molecular weight is 531 g/mol. The summed E-state index contributed by atoms with van der Waals surface area (Å²) < 4.78 is 4.89. The van der Waals surface area contributed by atoms with Crippen molar-refractivity contribution in [2.45, 2.75) is 43.9 Å². The number of thioether (sulfide) groups is 1. The lowest BCUT2D eigenvalue weighted by molar-refractivity contribution is -0.145. The minimum absolute atomic E-state index is 0.0561. The van der Waals surface area contributed by atoms with E-state index in [1.807, 2.05) is 35.4 Å². The van der Waals surface area contributed by atoms with E-state index in [4.69, 9.17) is 10.5 Å². The molecule has 10 heteroatoms. The SMILES string of the molecule is COC(=O)[C@H](CCSC)NC(=O)CN(Cc1cccc2ccccc12)C[C@@H]1CCCN1C(=O)[C@@H](N)CO. The first-order valence-electron chi connectivity index (χ1n) is 12.6. The molecule has 1 heterocycles. The van der Waals surface area contributed by atoms with Crippen molar-refractivity contribution in [3.8, 4) is 0 Å². The second kappa shape index (κ2) is 14.3. The molecule has 3 atom stereocenters. The fraction of sp³-hybridized carbons (Fsp3) is 0.519. The Morgan fingerprint density at radius 3 is 2.73 bits per heavy atom. The van der Waals surface area contributed by atoms with Crippen LogP contribution in [0.5, 0.6) is 0 Å². The van der Waals surface area contributed by atoms with E-state index in [0.29, 0.717) is 31.8 Å². The second-order valence-electron chi connectivity index (χ2n) is 9.35. The Bertz CT molecular complexity index is 1060. The van der Waals surface area contributed by atoms with Crippen molar-refractivity contribution < 1.29 is 24.2 Å². The first kappa shape index (κ1) is 28.9. The number of nitrogens with two attached hydrogens (primary N) is 1. The number of benzene rings is 2. The summed E-state index contributed by atoms with van der Waals surface area (Å²) in [4.78, 5) is 41.9. The van der Waals surface area contributed by atoms with Gasteiger partial charge in [-0.15, -0.1) is 0 Å². The highest BCUT2D eigenvalue weighted by atomic mass is 32.2. The van der Waals surface area contributed by atoms with Crippen molar-refractivity contribution >= 4 is 40.3 Å². The predicted molar refractivity (Wildman–Crippen MR) is 146 cm³/mol. The Balaban J connectivity index is 1.81. The van der Waals surface area contributed by atoms with E-state index >= 15 is 0 Å². The van der Waals surface area contributed by atoms with Crippen molar-refractivity contribution in [2.75, 3.05) is 45.4 Å². The number of nitrogens with one attached hydrogen (secondary N) is 1. The highest BCUT2D eigenvalue weighted by Crippen LogP contribution is 2.23. The molecule has 0 bridgehead atoms. The third-order valence-electron chi connectivity index (χ3n) is 6.72. The molecule has 2 aromatic carbocycles. The average Bonchev–Trinajstić information content (AvgIpc) is 3.37. The highest BCUT2D eigenvalue weighted by Gasteiger charge is 2.33. The van der Waals surface area contributed by atoms with Crippen LogP contribution in [0.3, 0.4) is 0 Å². The van der Waals surface area contributed by atoms with Crippen LogP contribution in [0.15, 0.2) is 42.5 Å². The molecule has 2 amide bonds. The van der Waals surface area contributed by atoms with Gasteiger partial charge in [0.25, 0.3) is 0 Å². The van der Waals surface area contributed by atoms with Crippen molar-refractivity contribution in [2.24, 2.45) is 5.73 Å². The van der Waals surface area contributed by atoms with Gasteiger partial charge < -0.3 is 25.8 Å². The Morgan fingerprint density at radius 2 is 2.00 bits per heavy atom. The highest BCUT2D eigenvalue weighted by molar-refractivity contribution is 7.98. The molecule has 2 aromatic rings. The minimum atomic E-state index is -0.951. The molecular weight excluding hydrogens is 492 g/mol. The fourth-order valence-corrected chi connectivity index (χ4v) is 5.30. The Kier molecular flexibility index (Phi) is 11.2. The molecule has 0 unspecified atom stereocenters. The summed E-state index contributed by atoms with van der Waals surface area (Å²) in [6, 6.07) is 12.4. The van der Waals surface area contributed by atoms with Gasteiger partial charge in [0.1, 0.15) is 12.1 Å². The van der Waals surface area contributed by atoms with Crippen LogP contribution in [-0.4, -0.2) is 96.2 Å². The summed E-state index contributed by atoms with van der Waals surface area (Å²) in [5, 5.41) is 14.4. The molecule has 202 valence electrons. The van der Waals surface area contributed by atoms with Gasteiger partial charge in [0.15, 0.2) is 0 Å². The number of nitrogens with zero attached hydrogens (tertiary/aromatic N) is 2. The Labute approximate surface area is 222 Å². The fourth-order valence-electron chi connectivity index (χ4n) is 4.83. The summed E-state index contributed by atoms with van der Waals surface area (Å²) in [6.45, 7) is 1.18. The molecule has 37 heavy (non-hydrogen) atoms. The van der Waals surface area contributed by atoms with Crippen molar-refractivity contribution in [1.82, 2.24) is 15.1 Å². The van der Waals surface area contributed by atoms with Crippen LogP contribution >= 0.6 is 11.8 Å². The maximum absolute atomic E-state index is 13.1. The van der Waals surface area contributed by atoms with Gasteiger partial charge in [0.2, 0.25) is 11.8 Å². The van der Waals surface area contributed by atoms with Gasteiger partial charge in [0.05, 0.1) is 20.3 Å². The van der Waals surface area contributed by atoms with Crippen LogP contribution < -0.4 is 11.1 Å². The topological polar surface area (TPSA) is 125 Å². The number of hydrogen-bond donors (Lipinski definition) is 3. The number of likely N-dealkylation sites (tertiary alicyclic amines) is 1. The van der Waals surface area contributed by atoms with Crippen LogP contribution in [0, 0.1) is 0 Å². The van der Waals surface area contributed by atoms with E-state index in [1.54, 1.807) is 16.7 Å². The standard InChI is InChI=1S/C27H38N4O5S/c1-36-27(35)24(12-14-37-2)29-25(33)17-30(15-20-9-5-8-19-7-3-4-11-22(19)20)16-21-10-6-13-31(21)26(34)23(28)18-32/h3-5,7-9,11,21,23-24,32H,6,10,12-18,28H2,1-2H3,(H,29,33)/t21-,23-,24-/m0/s1. The van der Waals surface area contributed by atoms with Gasteiger partial charge in [-0.3, -0.25) is 14.5 Å². The van der Waals surface area contributed by atoms with Crippen molar-refractivity contribution in [1.29, 1.82) is 0 Å². The van der Waals surface area contributed by atoms with E-state index in [-0.39, 0.29) is 24.4 Å². The number of aliphatic hydroxyl groups is 1. The number of carbonyl (C=O) groups is 3. The van der Waals surface area contributed by atoms with E-state index in [0.717, 1.165) is 29.2 Å². The third-order valence-corrected chi connectivity index (χ3v) is 7.36. The maximum Gasteiger partial charge on any atom is 0.328 e. The summed E-state index contributed by atoms with van der Waals surface area (Å²) in [5.41, 5.74) is 6.90. The maximum atomic E-state index is 13.1. The van der Waals surface area contributed by atoms with E-state index in [2.05, 4.69) is 23.5 Å². The second-order valence-corrected chi connectivity index (χ2v) is 10.3. The largest absolute Gasteiger partial charge is 0.467 e. The molecule has 0 spiro atoms. The Hall–Kier alpha value is -2.66. The number of esters is 1. The molecular formula is C27H38N4O5S. The van der Waals surface area contributed by atoms with E-state index in [9.17, 15) is 19.5 Å². The van der Waals surface area contributed by atoms with E-state index < -0.39 is 24.7 Å². The number of fused-ring (bicyclic) bond motifs is 1. The lowest BCUT2D eigenvalue weighted by Gasteiger charge is -2.32.